The van der Waals surface area contributed by atoms with Crippen molar-refractivity contribution in [3.63, 3.8) is 0 Å². The fourth-order valence-electron chi connectivity index (χ4n) is 11.5. The van der Waals surface area contributed by atoms with Gasteiger partial charge in [0, 0.05) is 38.0 Å². The minimum absolute atomic E-state index is 0.0304. The van der Waals surface area contributed by atoms with E-state index in [0.717, 1.165) is 32.1 Å². The van der Waals surface area contributed by atoms with Crippen molar-refractivity contribution in [1.82, 2.24) is 0 Å². The van der Waals surface area contributed by atoms with Gasteiger partial charge in [0.25, 0.3) is 0 Å². The van der Waals surface area contributed by atoms with Crippen molar-refractivity contribution >= 4 is 17.9 Å². The third-order valence-corrected chi connectivity index (χ3v) is 13.3. The van der Waals surface area contributed by atoms with Gasteiger partial charge in [0.15, 0.2) is 0 Å². The summed E-state index contributed by atoms with van der Waals surface area (Å²) in [6.45, 7) is 21.5. The highest BCUT2D eigenvalue weighted by Gasteiger charge is 2.73. The molecule has 11 atom stereocenters. The quantitative estimate of drug-likeness (QED) is 0.217. The summed E-state index contributed by atoms with van der Waals surface area (Å²) in [6, 6.07) is 0. The van der Waals surface area contributed by atoms with Crippen LogP contribution < -0.4 is 0 Å². The third kappa shape index (κ3) is 4.96. The highest BCUT2D eigenvalue weighted by atomic mass is 16.6. The topological polar surface area (TPSA) is 108 Å². The van der Waals surface area contributed by atoms with Gasteiger partial charge in [-0.1, -0.05) is 46.3 Å². The van der Waals surface area contributed by atoms with Gasteiger partial charge in [-0.3, -0.25) is 14.4 Å². The smallest absolute Gasteiger partial charge is 0.302 e. The van der Waals surface area contributed by atoms with Crippen LogP contribution in [0.4, 0.5) is 0 Å². The molecule has 0 bridgehead atoms. The second kappa shape index (κ2) is 10.5. The molecule has 1 heterocycles. The van der Waals surface area contributed by atoms with Crippen molar-refractivity contribution in [3.05, 3.63) is 11.6 Å². The average molecular weight is 617 g/mol. The molecule has 8 heteroatoms. The predicted octanol–water partition coefficient (Wildman–Crippen LogP) is 6.32. The molecule has 5 aliphatic rings. The first-order valence-corrected chi connectivity index (χ1v) is 16.7. The number of fused-ring (bicyclic) bond motifs is 5. The van der Waals surface area contributed by atoms with Gasteiger partial charge in [0.1, 0.15) is 18.3 Å². The molecular weight excluding hydrogens is 560 g/mol. The molecule has 0 aromatic rings. The Morgan fingerprint density at radius 3 is 1.98 bits per heavy atom. The minimum atomic E-state index is -0.973. The second-order valence-corrected chi connectivity index (χ2v) is 16.9. The van der Waals surface area contributed by atoms with E-state index in [4.69, 9.17) is 18.9 Å². The maximum Gasteiger partial charge on any atom is 0.302 e. The van der Waals surface area contributed by atoms with Gasteiger partial charge in [-0.15, -0.1) is 0 Å². The van der Waals surface area contributed by atoms with Gasteiger partial charge in [0.05, 0.1) is 17.3 Å². The molecule has 0 aromatic carbocycles. The van der Waals surface area contributed by atoms with Gasteiger partial charge < -0.3 is 24.1 Å². The van der Waals surface area contributed by atoms with Crippen LogP contribution in [0.5, 0.6) is 0 Å². The number of hydrogen-bond acceptors (Lipinski definition) is 8. The van der Waals surface area contributed by atoms with Crippen LogP contribution in [0.3, 0.4) is 0 Å². The molecule has 3 saturated carbocycles. The Morgan fingerprint density at radius 1 is 0.841 bits per heavy atom. The molecule has 8 nitrogen and oxygen atoms in total. The molecule has 1 saturated heterocycles. The molecule has 0 aromatic heterocycles. The van der Waals surface area contributed by atoms with Crippen molar-refractivity contribution in [2.75, 3.05) is 0 Å². The summed E-state index contributed by atoms with van der Waals surface area (Å²) in [6.07, 6.45) is 6.48. The second-order valence-electron chi connectivity index (χ2n) is 16.9. The molecule has 4 aliphatic carbocycles. The number of hydrogen-bond donors (Lipinski definition) is 1. The predicted molar refractivity (Wildman–Crippen MR) is 165 cm³/mol. The van der Waals surface area contributed by atoms with Crippen molar-refractivity contribution in [2.45, 2.75) is 157 Å². The van der Waals surface area contributed by atoms with Gasteiger partial charge in [0.2, 0.25) is 0 Å². The van der Waals surface area contributed by atoms with E-state index in [1.54, 1.807) is 13.8 Å². The van der Waals surface area contributed by atoms with Crippen molar-refractivity contribution in [2.24, 2.45) is 39.4 Å². The van der Waals surface area contributed by atoms with Crippen LogP contribution in [0.25, 0.3) is 0 Å². The maximum atomic E-state index is 12.6. The monoisotopic (exact) mass is 616 g/mol. The van der Waals surface area contributed by atoms with Crippen LogP contribution in [-0.2, 0) is 33.3 Å². The SMILES string of the molecule is CC(=O)O[C@H]1CC2C(=CC[C@]3(C)[C@@H]([C@]4(C)CC[C@H](C(C)(C)O)O4)[C@@H](OC(C)=O)C[C@@]23C)[C@@]2(C)CC[C@H](OC(C)=O)C(C)(C)C12. The fourth-order valence-corrected chi connectivity index (χ4v) is 11.5. The molecule has 4 fully saturated rings. The Labute approximate surface area is 264 Å². The number of ether oxygens (including phenoxy) is 4. The zero-order valence-electron chi connectivity index (χ0n) is 28.9. The standard InChI is InChI=1S/C36H56O8/c1-20(37)41-25-18-24-23(33(8)15-13-27(43-22(3)39)31(4,5)29(25)33)12-16-34(9)30(26(42-21(2)38)19-35(24,34)10)36(11)17-14-28(44-36)32(6,7)40/h12,24-30,40H,13-19H2,1-11H3/t24?,25-,26-,27-,28+,29?,30-,33+,34+,35-,36-/m0/s1. The number of rotatable bonds is 5. The largest absolute Gasteiger partial charge is 0.462 e. The molecule has 1 N–H and O–H groups in total. The Hall–Kier alpha value is -1.93. The van der Waals surface area contributed by atoms with Crippen LogP contribution in [0.1, 0.15) is 121 Å². The molecule has 0 spiro atoms. The number of carbonyl (C=O) groups excluding carboxylic acids is 3. The van der Waals surface area contributed by atoms with Gasteiger partial charge in [-0.05, 0) is 87.9 Å². The molecule has 248 valence electrons. The highest BCUT2D eigenvalue weighted by molar-refractivity contribution is 5.67. The summed E-state index contributed by atoms with van der Waals surface area (Å²) in [7, 11) is 0. The Balaban J connectivity index is 1.61. The summed E-state index contributed by atoms with van der Waals surface area (Å²) in [5.41, 5.74) is -1.37. The Bertz CT molecular complexity index is 1230. The van der Waals surface area contributed by atoms with Crippen LogP contribution in [0.15, 0.2) is 11.6 Å². The first-order chi connectivity index (χ1) is 20.1. The molecule has 44 heavy (non-hydrogen) atoms. The summed E-state index contributed by atoms with van der Waals surface area (Å²) < 4.78 is 25.1. The lowest BCUT2D eigenvalue weighted by Crippen LogP contribution is -2.63. The Morgan fingerprint density at radius 2 is 1.43 bits per heavy atom. The number of esters is 3. The highest BCUT2D eigenvalue weighted by Crippen LogP contribution is 2.74. The van der Waals surface area contributed by atoms with E-state index in [1.165, 1.54) is 26.3 Å². The minimum Gasteiger partial charge on any atom is -0.462 e. The van der Waals surface area contributed by atoms with E-state index in [2.05, 4.69) is 47.6 Å². The molecule has 1 aliphatic heterocycles. The zero-order valence-corrected chi connectivity index (χ0v) is 28.9. The summed E-state index contributed by atoms with van der Waals surface area (Å²) in [5, 5.41) is 10.9. The molecule has 0 amide bonds. The van der Waals surface area contributed by atoms with E-state index < -0.39 is 16.6 Å². The molecular formula is C36H56O8. The lowest BCUT2D eigenvalue weighted by Gasteiger charge is -2.65. The number of carbonyl (C=O) groups is 3. The van der Waals surface area contributed by atoms with E-state index in [-0.39, 0.29) is 76.3 Å². The van der Waals surface area contributed by atoms with E-state index in [9.17, 15) is 19.5 Å². The van der Waals surface area contributed by atoms with E-state index >= 15 is 0 Å². The van der Waals surface area contributed by atoms with Crippen molar-refractivity contribution in [3.8, 4) is 0 Å². The maximum absolute atomic E-state index is 12.6. The third-order valence-electron chi connectivity index (χ3n) is 13.3. The summed E-state index contributed by atoms with van der Waals surface area (Å²) in [4.78, 5) is 37.3. The Kier molecular flexibility index (Phi) is 8.01. The molecule has 0 radical (unpaired) electrons. The van der Waals surface area contributed by atoms with Crippen LogP contribution in [-0.4, -0.2) is 58.6 Å². The number of allylic oxidation sites excluding steroid dienone is 2. The molecule has 2 unspecified atom stereocenters. The zero-order chi connectivity index (χ0) is 32.8. The first-order valence-electron chi connectivity index (χ1n) is 16.7. The lowest BCUT2D eigenvalue weighted by molar-refractivity contribution is -0.203. The van der Waals surface area contributed by atoms with Crippen molar-refractivity contribution in [1.29, 1.82) is 0 Å². The van der Waals surface area contributed by atoms with Gasteiger partial charge in [-0.2, -0.15) is 0 Å². The summed E-state index contributed by atoms with van der Waals surface area (Å²) >= 11 is 0. The van der Waals surface area contributed by atoms with E-state index in [0.29, 0.717) is 12.8 Å². The van der Waals surface area contributed by atoms with Crippen LogP contribution in [0, 0.1) is 39.4 Å². The van der Waals surface area contributed by atoms with E-state index in [1.807, 2.05) is 0 Å². The van der Waals surface area contributed by atoms with Crippen LogP contribution >= 0.6 is 0 Å². The van der Waals surface area contributed by atoms with Crippen molar-refractivity contribution < 1.29 is 38.4 Å². The molecule has 5 rings (SSSR count). The number of aliphatic hydroxyl groups is 1. The lowest BCUT2D eigenvalue weighted by atomic mass is 9.40. The first kappa shape index (κ1) is 33.4. The summed E-state index contributed by atoms with van der Waals surface area (Å²) in [5.74, 6) is -0.886. The van der Waals surface area contributed by atoms with Gasteiger partial charge in [-0.25, -0.2) is 0 Å². The van der Waals surface area contributed by atoms with Gasteiger partial charge >= 0.3 is 17.9 Å². The van der Waals surface area contributed by atoms with Crippen LogP contribution in [0.2, 0.25) is 0 Å². The fraction of sp³-hybridized carbons (Fsp3) is 0.861. The normalized spacial score (nSPS) is 46.2. The average Bonchev–Trinajstić information content (AvgIpc) is 3.35.